The summed E-state index contributed by atoms with van der Waals surface area (Å²) in [6.07, 6.45) is 3.79. The van der Waals surface area contributed by atoms with Gasteiger partial charge < -0.3 is 10.0 Å². The van der Waals surface area contributed by atoms with Crippen molar-refractivity contribution in [3.8, 4) is 0 Å². The van der Waals surface area contributed by atoms with Crippen LogP contribution in [-0.4, -0.2) is 59.1 Å². The highest BCUT2D eigenvalue weighted by Gasteiger charge is 2.21. The highest BCUT2D eigenvalue weighted by atomic mass is 16.3. The third-order valence-corrected chi connectivity index (χ3v) is 4.12. The van der Waals surface area contributed by atoms with Crippen molar-refractivity contribution in [2.24, 2.45) is 5.92 Å². The van der Waals surface area contributed by atoms with E-state index in [1.165, 1.54) is 0 Å². The number of aryl methyl sites for hydroxylation is 1. The Labute approximate surface area is 126 Å². The summed E-state index contributed by atoms with van der Waals surface area (Å²) in [6.45, 7) is 5.07. The van der Waals surface area contributed by atoms with Crippen LogP contribution in [0.1, 0.15) is 24.1 Å². The highest BCUT2D eigenvalue weighted by molar-refractivity contribution is 5.77. The molecule has 0 aliphatic carbocycles. The van der Waals surface area contributed by atoms with E-state index in [0.717, 1.165) is 37.2 Å². The fourth-order valence-corrected chi connectivity index (χ4v) is 2.56. The topological polar surface area (TPSA) is 56.7 Å². The molecule has 0 saturated carbocycles. The first-order valence-electron chi connectivity index (χ1n) is 7.57. The number of carbonyl (C=O) groups is 1. The van der Waals surface area contributed by atoms with Crippen LogP contribution in [-0.2, 0) is 11.3 Å². The normalized spacial score (nSPS) is 16.9. The minimum absolute atomic E-state index is 0.125. The van der Waals surface area contributed by atoms with Crippen molar-refractivity contribution in [2.45, 2.75) is 26.3 Å². The van der Waals surface area contributed by atoms with Gasteiger partial charge >= 0.3 is 0 Å². The largest absolute Gasteiger partial charge is 0.396 e. The summed E-state index contributed by atoms with van der Waals surface area (Å²) in [7, 11) is 1.82. The number of piperidine rings is 1. The van der Waals surface area contributed by atoms with Gasteiger partial charge in [-0.25, -0.2) is 0 Å². The standard InChI is InChI=1S/C16H25N3O2/c1-13-3-4-15(17-9-13)10-18(2)16(21)11-19-7-5-14(12-20)6-8-19/h3-4,9,14,20H,5-8,10-12H2,1-2H3. The summed E-state index contributed by atoms with van der Waals surface area (Å²) in [5, 5.41) is 9.13. The van der Waals surface area contributed by atoms with Gasteiger partial charge in [-0.05, 0) is 50.4 Å². The van der Waals surface area contributed by atoms with Crippen molar-refractivity contribution >= 4 is 5.91 Å². The second-order valence-electron chi connectivity index (χ2n) is 5.98. The lowest BCUT2D eigenvalue weighted by molar-refractivity contribution is -0.132. The van der Waals surface area contributed by atoms with Crippen molar-refractivity contribution in [1.29, 1.82) is 0 Å². The molecule has 1 N–H and O–H groups in total. The molecule has 0 radical (unpaired) electrons. The molecule has 21 heavy (non-hydrogen) atoms. The molecule has 1 amide bonds. The molecule has 0 aromatic carbocycles. The number of likely N-dealkylation sites (N-methyl/N-ethyl adjacent to an activating group) is 1. The molecule has 1 fully saturated rings. The zero-order chi connectivity index (χ0) is 15.2. The number of carbonyl (C=O) groups excluding carboxylic acids is 1. The van der Waals surface area contributed by atoms with Crippen LogP contribution in [0.2, 0.25) is 0 Å². The van der Waals surface area contributed by atoms with Gasteiger partial charge in [0.1, 0.15) is 0 Å². The van der Waals surface area contributed by atoms with Crippen LogP contribution in [0.15, 0.2) is 18.3 Å². The summed E-state index contributed by atoms with van der Waals surface area (Å²) in [4.78, 5) is 20.5. The fourth-order valence-electron chi connectivity index (χ4n) is 2.56. The number of amides is 1. The molecular formula is C16H25N3O2. The van der Waals surface area contributed by atoms with Crippen molar-refractivity contribution in [2.75, 3.05) is 33.3 Å². The maximum atomic E-state index is 12.2. The quantitative estimate of drug-likeness (QED) is 0.881. The Morgan fingerprint density at radius 2 is 2.14 bits per heavy atom. The van der Waals surface area contributed by atoms with Crippen LogP contribution in [0.3, 0.4) is 0 Å². The Bertz CT molecular complexity index is 453. The van der Waals surface area contributed by atoms with Crippen molar-refractivity contribution in [1.82, 2.24) is 14.8 Å². The average molecular weight is 291 g/mol. The van der Waals surface area contributed by atoms with Gasteiger partial charge in [-0.3, -0.25) is 14.7 Å². The number of aliphatic hydroxyl groups excluding tert-OH is 1. The minimum atomic E-state index is 0.125. The molecule has 1 aromatic heterocycles. The van der Waals surface area contributed by atoms with Gasteiger partial charge in [0.05, 0.1) is 18.8 Å². The molecule has 5 nitrogen and oxygen atoms in total. The van der Waals surface area contributed by atoms with Crippen LogP contribution < -0.4 is 0 Å². The monoisotopic (exact) mass is 291 g/mol. The summed E-state index contributed by atoms with van der Waals surface area (Å²) in [5.74, 6) is 0.533. The van der Waals surface area contributed by atoms with Crippen molar-refractivity contribution < 1.29 is 9.90 Å². The lowest BCUT2D eigenvalue weighted by atomic mass is 9.98. The molecule has 1 saturated heterocycles. The van der Waals surface area contributed by atoms with Crippen LogP contribution >= 0.6 is 0 Å². The molecule has 5 heteroatoms. The lowest BCUT2D eigenvalue weighted by Crippen LogP contribution is -2.42. The number of aliphatic hydroxyl groups is 1. The summed E-state index contributed by atoms with van der Waals surface area (Å²) < 4.78 is 0. The smallest absolute Gasteiger partial charge is 0.236 e. The number of rotatable bonds is 5. The van der Waals surface area contributed by atoms with Gasteiger partial charge in [-0.2, -0.15) is 0 Å². The second kappa shape index (κ2) is 7.52. The first-order valence-corrected chi connectivity index (χ1v) is 7.57. The van der Waals surface area contributed by atoms with E-state index in [4.69, 9.17) is 5.11 Å². The predicted octanol–water partition coefficient (Wildman–Crippen LogP) is 1.05. The molecule has 2 heterocycles. The third kappa shape index (κ3) is 4.79. The zero-order valence-electron chi connectivity index (χ0n) is 13.0. The van der Waals surface area contributed by atoms with Crippen molar-refractivity contribution in [3.05, 3.63) is 29.6 Å². The number of hydrogen-bond donors (Lipinski definition) is 1. The van der Waals surface area contributed by atoms with E-state index in [-0.39, 0.29) is 12.5 Å². The predicted molar refractivity (Wildman–Crippen MR) is 81.7 cm³/mol. The minimum Gasteiger partial charge on any atom is -0.396 e. The number of hydrogen-bond acceptors (Lipinski definition) is 4. The van der Waals surface area contributed by atoms with Gasteiger partial charge in [0.15, 0.2) is 0 Å². The summed E-state index contributed by atoms with van der Waals surface area (Å²) in [5.41, 5.74) is 2.04. The number of pyridine rings is 1. The van der Waals surface area contributed by atoms with E-state index in [2.05, 4.69) is 9.88 Å². The summed E-state index contributed by atoms with van der Waals surface area (Å²) in [6, 6.07) is 3.98. The van der Waals surface area contributed by atoms with Gasteiger partial charge in [-0.1, -0.05) is 6.07 Å². The van der Waals surface area contributed by atoms with Crippen LogP contribution in [0.4, 0.5) is 0 Å². The van der Waals surface area contributed by atoms with Crippen molar-refractivity contribution in [3.63, 3.8) is 0 Å². The highest BCUT2D eigenvalue weighted by Crippen LogP contribution is 2.16. The van der Waals surface area contributed by atoms with E-state index in [1.807, 2.05) is 32.3 Å². The Morgan fingerprint density at radius 3 is 2.71 bits per heavy atom. The van der Waals surface area contributed by atoms with E-state index in [1.54, 1.807) is 4.90 Å². The average Bonchev–Trinajstić information content (AvgIpc) is 2.50. The molecule has 1 aliphatic rings. The Balaban J connectivity index is 1.78. The van der Waals surface area contributed by atoms with E-state index >= 15 is 0 Å². The molecule has 0 spiro atoms. The fraction of sp³-hybridized carbons (Fsp3) is 0.625. The van der Waals surface area contributed by atoms with Gasteiger partial charge in [0, 0.05) is 19.9 Å². The Kier molecular flexibility index (Phi) is 5.70. The van der Waals surface area contributed by atoms with Gasteiger partial charge in [0.25, 0.3) is 0 Å². The molecule has 0 atom stereocenters. The Morgan fingerprint density at radius 1 is 1.43 bits per heavy atom. The van der Waals surface area contributed by atoms with Crippen LogP contribution in [0.5, 0.6) is 0 Å². The molecule has 116 valence electrons. The second-order valence-corrected chi connectivity index (χ2v) is 5.98. The summed E-state index contributed by atoms with van der Waals surface area (Å²) >= 11 is 0. The van der Waals surface area contributed by atoms with E-state index < -0.39 is 0 Å². The van der Waals surface area contributed by atoms with Gasteiger partial charge in [0.2, 0.25) is 5.91 Å². The van der Waals surface area contributed by atoms with Crippen LogP contribution in [0, 0.1) is 12.8 Å². The van der Waals surface area contributed by atoms with Crippen LogP contribution in [0.25, 0.3) is 0 Å². The first kappa shape index (κ1) is 15.9. The SMILES string of the molecule is Cc1ccc(CN(C)C(=O)CN2CCC(CO)CC2)nc1. The Hall–Kier alpha value is -1.46. The molecule has 1 aliphatic heterocycles. The number of likely N-dealkylation sites (tertiary alicyclic amines) is 1. The first-order chi connectivity index (χ1) is 10.1. The number of nitrogens with zero attached hydrogens (tertiary/aromatic N) is 3. The van der Waals surface area contributed by atoms with E-state index in [9.17, 15) is 4.79 Å². The van der Waals surface area contributed by atoms with Gasteiger partial charge in [-0.15, -0.1) is 0 Å². The van der Waals surface area contributed by atoms with E-state index in [0.29, 0.717) is 19.0 Å². The molecule has 1 aromatic rings. The maximum Gasteiger partial charge on any atom is 0.236 e. The zero-order valence-corrected chi connectivity index (χ0v) is 13.0. The molecular weight excluding hydrogens is 266 g/mol. The lowest BCUT2D eigenvalue weighted by Gasteiger charge is -2.31. The maximum absolute atomic E-state index is 12.2. The third-order valence-electron chi connectivity index (χ3n) is 4.12. The molecule has 0 unspecified atom stereocenters. The number of aromatic nitrogens is 1. The molecule has 2 rings (SSSR count). The molecule has 0 bridgehead atoms.